The van der Waals surface area contributed by atoms with Crippen molar-refractivity contribution in [2.75, 3.05) is 0 Å². The normalized spacial score (nSPS) is 52.6. The number of hydrogen-bond acceptors (Lipinski definition) is 0. The largest absolute Gasteiger partial charge is 0.0533 e. The summed E-state index contributed by atoms with van der Waals surface area (Å²) in [7, 11) is 0. The molecule has 18 atom stereocenters. The van der Waals surface area contributed by atoms with Gasteiger partial charge in [-0.15, -0.1) is 0 Å². The fraction of sp³-hybridized carbons (Fsp3) is 1.00. The molecule has 310 valence electrons. The van der Waals surface area contributed by atoms with Crippen LogP contribution in [0, 0.1) is 118 Å². The Morgan fingerprint density at radius 3 is 0.927 bits per heavy atom. The second kappa shape index (κ2) is 16.8. The van der Waals surface area contributed by atoms with Gasteiger partial charge in [0.15, 0.2) is 0 Å². The maximum atomic E-state index is 1.71. The summed E-state index contributed by atoms with van der Waals surface area (Å²) >= 11 is 0. The van der Waals surface area contributed by atoms with Crippen LogP contribution in [0.3, 0.4) is 0 Å². The van der Waals surface area contributed by atoms with Crippen molar-refractivity contribution in [3.63, 3.8) is 0 Å². The average Bonchev–Trinajstić information content (AvgIpc) is 3.62. The van der Waals surface area contributed by atoms with Crippen molar-refractivity contribution >= 4 is 0 Å². The Bertz CT molecular complexity index is 1240. The lowest BCUT2D eigenvalue weighted by Gasteiger charge is -2.54. The van der Waals surface area contributed by atoms with Crippen LogP contribution in [0.15, 0.2) is 0 Å². The SMILES string of the molecule is C1CCC(C2CCC3CC(C4CC(C5CCC6CCCCC6C5)CC(C5CC(C6CCCCC6)CC6CC7CC8CCCCC8CC7C65)C4)CCC3C2)CC1. The predicted octanol–water partition coefficient (Wildman–Crippen LogP) is 16.1. The van der Waals surface area contributed by atoms with Gasteiger partial charge in [-0.2, -0.15) is 0 Å². The highest BCUT2D eigenvalue weighted by molar-refractivity contribution is 5.06. The molecule has 11 aliphatic rings. The van der Waals surface area contributed by atoms with Crippen LogP contribution in [-0.4, -0.2) is 0 Å². The standard InChI is InChI=1S/C55H90/c1-3-11-36(12-4-1)42-21-22-44-27-46(24-23-43(44)26-42)48-29-47(45-20-19-38-15-7-8-16-39(38)25-45)30-51(31-48)54-35-49(37-13-5-2-6-14-37)32-52-33-50-28-40-17-9-10-18-41(40)34-53(50)55(52)54/h36-55H,1-35H2. The zero-order valence-electron chi connectivity index (χ0n) is 36.3. The lowest BCUT2D eigenvalue weighted by molar-refractivity contribution is -0.0429. The molecule has 0 heterocycles. The quantitative estimate of drug-likeness (QED) is 0.262. The first kappa shape index (κ1) is 38.0. The van der Waals surface area contributed by atoms with E-state index in [1.54, 1.807) is 218 Å². The van der Waals surface area contributed by atoms with Crippen LogP contribution < -0.4 is 0 Å². The van der Waals surface area contributed by atoms with Crippen molar-refractivity contribution < 1.29 is 0 Å². The van der Waals surface area contributed by atoms with E-state index in [1.165, 1.54) is 6.42 Å². The first-order valence-electron chi connectivity index (χ1n) is 27.2. The molecule has 0 nitrogen and oxygen atoms in total. The highest BCUT2D eigenvalue weighted by Crippen LogP contribution is 2.65. The summed E-state index contributed by atoms with van der Waals surface area (Å²) in [6.07, 6.45) is 56.8. The molecule has 0 aliphatic heterocycles. The molecule has 11 saturated carbocycles. The fourth-order valence-corrected chi connectivity index (χ4v) is 20.4. The van der Waals surface area contributed by atoms with Gasteiger partial charge in [0.05, 0.1) is 0 Å². The molecule has 0 saturated heterocycles. The molecule has 0 amide bonds. The van der Waals surface area contributed by atoms with Gasteiger partial charge in [-0.3, -0.25) is 0 Å². The van der Waals surface area contributed by atoms with Gasteiger partial charge < -0.3 is 0 Å². The Morgan fingerprint density at radius 1 is 0.145 bits per heavy atom. The van der Waals surface area contributed by atoms with Crippen molar-refractivity contribution in [2.45, 2.75) is 225 Å². The van der Waals surface area contributed by atoms with E-state index in [0.29, 0.717) is 0 Å². The summed E-state index contributed by atoms with van der Waals surface area (Å²) in [6.45, 7) is 0. The lowest BCUT2D eigenvalue weighted by atomic mass is 9.51. The molecule has 11 aliphatic carbocycles. The molecule has 0 N–H and O–H groups in total. The van der Waals surface area contributed by atoms with E-state index in [4.69, 9.17) is 0 Å². The van der Waals surface area contributed by atoms with E-state index in [1.807, 2.05) is 0 Å². The second-order valence-corrected chi connectivity index (χ2v) is 25.0. The third-order valence-electron chi connectivity index (χ3n) is 22.8. The van der Waals surface area contributed by atoms with Crippen molar-refractivity contribution in [2.24, 2.45) is 118 Å². The van der Waals surface area contributed by atoms with Gasteiger partial charge in [0.25, 0.3) is 0 Å². The maximum Gasteiger partial charge on any atom is -0.0323 e. The predicted molar refractivity (Wildman–Crippen MR) is 231 cm³/mol. The third kappa shape index (κ3) is 7.78. The van der Waals surface area contributed by atoms with E-state index in [0.717, 1.165) is 118 Å². The summed E-state index contributed by atoms with van der Waals surface area (Å²) < 4.78 is 0. The Morgan fingerprint density at radius 2 is 0.382 bits per heavy atom. The van der Waals surface area contributed by atoms with Gasteiger partial charge in [-0.25, -0.2) is 0 Å². The molecule has 0 bridgehead atoms. The van der Waals surface area contributed by atoms with E-state index in [-0.39, 0.29) is 0 Å². The minimum atomic E-state index is 1.10. The maximum absolute atomic E-state index is 1.71. The number of rotatable bonds is 5. The van der Waals surface area contributed by atoms with Crippen LogP contribution in [0.5, 0.6) is 0 Å². The molecular formula is C55H90. The average molecular weight is 751 g/mol. The number of fused-ring (bicyclic) bond motifs is 6. The molecule has 11 fully saturated rings. The van der Waals surface area contributed by atoms with Crippen LogP contribution in [-0.2, 0) is 0 Å². The van der Waals surface area contributed by atoms with Crippen LogP contribution in [0.4, 0.5) is 0 Å². The van der Waals surface area contributed by atoms with Crippen LogP contribution in [0.25, 0.3) is 0 Å². The fourth-order valence-electron chi connectivity index (χ4n) is 20.4. The van der Waals surface area contributed by atoms with Gasteiger partial charge in [0, 0.05) is 0 Å². The molecule has 0 spiro atoms. The summed E-state index contributed by atoms with van der Waals surface area (Å²) in [4.78, 5) is 0. The van der Waals surface area contributed by atoms with E-state index in [2.05, 4.69) is 0 Å². The smallest absolute Gasteiger partial charge is 0.0323 e. The van der Waals surface area contributed by atoms with Crippen LogP contribution in [0.2, 0.25) is 0 Å². The monoisotopic (exact) mass is 751 g/mol. The van der Waals surface area contributed by atoms with E-state index in [9.17, 15) is 0 Å². The highest BCUT2D eigenvalue weighted by atomic mass is 14.6. The van der Waals surface area contributed by atoms with Crippen molar-refractivity contribution in [3.05, 3.63) is 0 Å². The van der Waals surface area contributed by atoms with Crippen molar-refractivity contribution in [1.29, 1.82) is 0 Å². The van der Waals surface area contributed by atoms with Crippen LogP contribution in [0.1, 0.15) is 225 Å². The molecule has 0 aromatic rings. The third-order valence-corrected chi connectivity index (χ3v) is 22.8. The topological polar surface area (TPSA) is 0 Å². The molecule has 0 aromatic heterocycles. The molecular weight excluding hydrogens is 661 g/mol. The zero-order valence-corrected chi connectivity index (χ0v) is 36.3. The minimum Gasteiger partial charge on any atom is -0.0533 e. The summed E-state index contributed by atoms with van der Waals surface area (Å²) in [6, 6.07) is 0. The van der Waals surface area contributed by atoms with Crippen molar-refractivity contribution in [3.8, 4) is 0 Å². The van der Waals surface area contributed by atoms with E-state index < -0.39 is 0 Å². The lowest BCUT2D eigenvalue weighted by Crippen LogP contribution is -2.45. The molecule has 0 aromatic carbocycles. The molecule has 55 heavy (non-hydrogen) atoms. The molecule has 11 rings (SSSR count). The Kier molecular flexibility index (Phi) is 11.6. The molecule has 0 radical (unpaired) electrons. The van der Waals surface area contributed by atoms with Gasteiger partial charge in [0.1, 0.15) is 0 Å². The summed E-state index contributed by atoms with van der Waals surface area (Å²) in [5, 5.41) is 0. The summed E-state index contributed by atoms with van der Waals surface area (Å²) in [5.74, 6) is 22.4. The highest BCUT2D eigenvalue weighted by Gasteiger charge is 2.56. The van der Waals surface area contributed by atoms with Crippen LogP contribution >= 0.6 is 0 Å². The summed E-state index contributed by atoms with van der Waals surface area (Å²) in [5.41, 5.74) is 0. The van der Waals surface area contributed by atoms with E-state index >= 15 is 0 Å². The van der Waals surface area contributed by atoms with Gasteiger partial charge in [-0.1, -0.05) is 116 Å². The number of hydrogen-bond donors (Lipinski definition) is 0. The Hall–Kier alpha value is 0. The first-order valence-corrected chi connectivity index (χ1v) is 27.2. The van der Waals surface area contributed by atoms with Gasteiger partial charge in [0.2, 0.25) is 0 Å². The Labute approximate surface area is 341 Å². The van der Waals surface area contributed by atoms with Gasteiger partial charge in [-0.05, 0) is 228 Å². The molecule has 18 unspecified atom stereocenters. The molecule has 0 heteroatoms. The zero-order chi connectivity index (χ0) is 36.3. The van der Waals surface area contributed by atoms with Gasteiger partial charge >= 0.3 is 0 Å². The minimum absolute atomic E-state index is 1.10. The second-order valence-electron chi connectivity index (χ2n) is 25.0. The van der Waals surface area contributed by atoms with Crippen molar-refractivity contribution in [1.82, 2.24) is 0 Å². The Balaban J connectivity index is 0.855. The first-order chi connectivity index (χ1) is 27.2.